The maximum absolute atomic E-state index is 10.7. The van der Waals surface area contributed by atoms with Crippen molar-refractivity contribution in [1.82, 2.24) is 0 Å². The molecule has 100 valence electrons. The summed E-state index contributed by atoms with van der Waals surface area (Å²) >= 11 is 0. The SMILES string of the molecule is COc1ccc(OC)c(C(O)C2(C)CCCC2)c1. The highest BCUT2D eigenvalue weighted by atomic mass is 16.5. The van der Waals surface area contributed by atoms with Crippen molar-refractivity contribution in [2.45, 2.75) is 38.7 Å². The monoisotopic (exact) mass is 250 g/mol. The molecule has 0 heterocycles. The smallest absolute Gasteiger partial charge is 0.124 e. The maximum Gasteiger partial charge on any atom is 0.124 e. The lowest BCUT2D eigenvalue weighted by molar-refractivity contribution is 0.0387. The molecule has 3 nitrogen and oxygen atoms in total. The first-order valence-corrected chi connectivity index (χ1v) is 6.51. The van der Waals surface area contributed by atoms with Crippen LogP contribution in [0, 0.1) is 5.41 Å². The fraction of sp³-hybridized carbons (Fsp3) is 0.600. The van der Waals surface area contributed by atoms with Crippen LogP contribution in [0.4, 0.5) is 0 Å². The molecular weight excluding hydrogens is 228 g/mol. The van der Waals surface area contributed by atoms with Gasteiger partial charge in [-0.05, 0) is 36.5 Å². The molecule has 1 aromatic rings. The molecule has 0 aliphatic heterocycles. The van der Waals surface area contributed by atoms with Crippen LogP contribution in [0.3, 0.4) is 0 Å². The second-order valence-corrected chi connectivity index (χ2v) is 5.37. The predicted octanol–water partition coefficient (Wildman–Crippen LogP) is 3.32. The average Bonchev–Trinajstić information content (AvgIpc) is 2.85. The third-order valence-electron chi connectivity index (χ3n) is 4.14. The Kier molecular flexibility index (Phi) is 3.81. The van der Waals surface area contributed by atoms with Gasteiger partial charge in [-0.15, -0.1) is 0 Å². The van der Waals surface area contributed by atoms with Gasteiger partial charge in [-0.3, -0.25) is 0 Å². The van der Waals surface area contributed by atoms with Crippen LogP contribution in [0.25, 0.3) is 0 Å². The summed E-state index contributed by atoms with van der Waals surface area (Å²) in [6.45, 7) is 2.16. The van der Waals surface area contributed by atoms with Gasteiger partial charge < -0.3 is 14.6 Å². The van der Waals surface area contributed by atoms with Crippen LogP contribution in [-0.2, 0) is 0 Å². The van der Waals surface area contributed by atoms with Gasteiger partial charge in [0.2, 0.25) is 0 Å². The fourth-order valence-electron chi connectivity index (χ4n) is 2.88. The summed E-state index contributed by atoms with van der Waals surface area (Å²) in [5, 5.41) is 10.7. The van der Waals surface area contributed by atoms with E-state index < -0.39 is 6.10 Å². The van der Waals surface area contributed by atoms with Crippen molar-refractivity contribution < 1.29 is 14.6 Å². The highest BCUT2D eigenvalue weighted by Gasteiger charge is 2.38. The highest BCUT2D eigenvalue weighted by molar-refractivity contribution is 5.42. The summed E-state index contributed by atoms with van der Waals surface area (Å²) in [4.78, 5) is 0. The third kappa shape index (κ3) is 2.32. The molecule has 1 aromatic carbocycles. The molecule has 1 atom stereocenters. The average molecular weight is 250 g/mol. The van der Waals surface area contributed by atoms with Crippen LogP contribution < -0.4 is 9.47 Å². The number of methoxy groups -OCH3 is 2. The van der Waals surface area contributed by atoms with Crippen molar-refractivity contribution in [1.29, 1.82) is 0 Å². The van der Waals surface area contributed by atoms with Crippen LogP contribution in [0.15, 0.2) is 18.2 Å². The van der Waals surface area contributed by atoms with E-state index in [9.17, 15) is 5.11 Å². The molecule has 1 saturated carbocycles. The zero-order valence-electron chi connectivity index (χ0n) is 11.4. The molecule has 3 heteroatoms. The maximum atomic E-state index is 10.7. The zero-order valence-corrected chi connectivity index (χ0v) is 11.4. The van der Waals surface area contributed by atoms with Crippen molar-refractivity contribution >= 4 is 0 Å². The first-order chi connectivity index (χ1) is 8.60. The van der Waals surface area contributed by atoms with Gasteiger partial charge in [0.1, 0.15) is 11.5 Å². The molecule has 1 unspecified atom stereocenters. The fourth-order valence-corrected chi connectivity index (χ4v) is 2.88. The van der Waals surface area contributed by atoms with Crippen molar-refractivity contribution in [3.63, 3.8) is 0 Å². The molecule has 2 rings (SSSR count). The van der Waals surface area contributed by atoms with Crippen molar-refractivity contribution in [3.8, 4) is 11.5 Å². The van der Waals surface area contributed by atoms with Gasteiger partial charge in [0.25, 0.3) is 0 Å². The molecule has 1 aliphatic carbocycles. The number of aliphatic hydroxyl groups is 1. The summed E-state index contributed by atoms with van der Waals surface area (Å²) in [5.74, 6) is 1.49. The Labute approximate surface area is 109 Å². The van der Waals surface area contributed by atoms with E-state index in [4.69, 9.17) is 9.47 Å². The Morgan fingerprint density at radius 1 is 1.17 bits per heavy atom. The minimum absolute atomic E-state index is 0.0420. The van der Waals surface area contributed by atoms with Gasteiger partial charge in [0.15, 0.2) is 0 Å². The normalized spacial score (nSPS) is 19.6. The number of benzene rings is 1. The van der Waals surface area contributed by atoms with Crippen molar-refractivity contribution in [3.05, 3.63) is 23.8 Å². The third-order valence-corrected chi connectivity index (χ3v) is 4.14. The number of rotatable bonds is 4. The molecule has 0 aromatic heterocycles. The molecule has 0 spiro atoms. The van der Waals surface area contributed by atoms with E-state index >= 15 is 0 Å². The van der Waals surface area contributed by atoms with E-state index in [0.29, 0.717) is 0 Å². The molecule has 0 saturated heterocycles. The van der Waals surface area contributed by atoms with Crippen LogP contribution >= 0.6 is 0 Å². The van der Waals surface area contributed by atoms with Gasteiger partial charge in [-0.25, -0.2) is 0 Å². The first kappa shape index (κ1) is 13.2. The Hall–Kier alpha value is -1.22. The Bertz CT molecular complexity index is 408. The number of hydrogen-bond donors (Lipinski definition) is 1. The van der Waals surface area contributed by atoms with Gasteiger partial charge in [0, 0.05) is 5.56 Å². The molecular formula is C15H22O3. The van der Waals surface area contributed by atoms with Gasteiger partial charge >= 0.3 is 0 Å². The zero-order chi connectivity index (χ0) is 13.2. The number of aliphatic hydroxyl groups excluding tert-OH is 1. The molecule has 18 heavy (non-hydrogen) atoms. The van der Waals surface area contributed by atoms with Crippen molar-refractivity contribution in [2.24, 2.45) is 5.41 Å². The lowest BCUT2D eigenvalue weighted by Crippen LogP contribution is -2.22. The molecule has 0 radical (unpaired) electrons. The van der Waals surface area contributed by atoms with E-state index in [1.165, 1.54) is 12.8 Å². The van der Waals surface area contributed by atoms with E-state index in [1.54, 1.807) is 14.2 Å². The predicted molar refractivity (Wildman–Crippen MR) is 71.1 cm³/mol. The molecule has 1 N–H and O–H groups in total. The minimum atomic E-state index is -0.495. The number of hydrogen-bond acceptors (Lipinski definition) is 3. The lowest BCUT2D eigenvalue weighted by Gasteiger charge is -2.31. The second kappa shape index (κ2) is 5.19. The quantitative estimate of drug-likeness (QED) is 0.891. The van der Waals surface area contributed by atoms with Crippen LogP contribution in [0.1, 0.15) is 44.3 Å². The summed E-state index contributed by atoms with van der Waals surface area (Å²) in [5.41, 5.74) is 0.792. The number of ether oxygens (including phenoxy) is 2. The highest BCUT2D eigenvalue weighted by Crippen LogP contribution is 2.49. The topological polar surface area (TPSA) is 38.7 Å². The second-order valence-electron chi connectivity index (χ2n) is 5.37. The summed E-state index contributed by atoms with van der Waals surface area (Å²) in [6.07, 6.45) is 4.02. The van der Waals surface area contributed by atoms with Gasteiger partial charge in [-0.1, -0.05) is 19.8 Å². The lowest BCUT2D eigenvalue weighted by atomic mass is 9.79. The molecule has 0 bridgehead atoms. The Morgan fingerprint density at radius 3 is 2.39 bits per heavy atom. The van der Waals surface area contributed by atoms with E-state index in [1.807, 2.05) is 18.2 Å². The molecule has 0 amide bonds. The van der Waals surface area contributed by atoms with E-state index in [2.05, 4.69) is 6.92 Å². The largest absolute Gasteiger partial charge is 0.497 e. The Balaban J connectivity index is 2.35. The summed E-state index contributed by atoms with van der Waals surface area (Å²) < 4.78 is 10.6. The van der Waals surface area contributed by atoms with Crippen LogP contribution in [-0.4, -0.2) is 19.3 Å². The van der Waals surface area contributed by atoms with E-state index in [-0.39, 0.29) is 5.41 Å². The molecule has 1 fully saturated rings. The van der Waals surface area contributed by atoms with Gasteiger partial charge in [-0.2, -0.15) is 0 Å². The van der Waals surface area contributed by atoms with Crippen LogP contribution in [0.5, 0.6) is 11.5 Å². The first-order valence-electron chi connectivity index (χ1n) is 6.51. The van der Waals surface area contributed by atoms with Crippen molar-refractivity contribution in [2.75, 3.05) is 14.2 Å². The summed E-state index contributed by atoms with van der Waals surface area (Å²) in [7, 11) is 3.27. The van der Waals surface area contributed by atoms with E-state index in [0.717, 1.165) is 29.9 Å². The van der Waals surface area contributed by atoms with Crippen LogP contribution in [0.2, 0.25) is 0 Å². The Morgan fingerprint density at radius 2 is 1.83 bits per heavy atom. The summed E-state index contributed by atoms with van der Waals surface area (Å²) in [6, 6.07) is 5.59. The molecule has 1 aliphatic rings. The minimum Gasteiger partial charge on any atom is -0.497 e. The standard InChI is InChI=1S/C15H22O3/c1-15(8-4-5-9-15)14(16)12-10-11(17-2)6-7-13(12)18-3/h6-7,10,14,16H,4-5,8-9H2,1-3H3. The van der Waals surface area contributed by atoms with Gasteiger partial charge in [0.05, 0.1) is 20.3 Å².